The van der Waals surface area contributed by atoms with Gasteiger partial charge in [-0.1, -0.05) is 6.92 Å². The van der Waals surface area contributed by atoms with Gasteiger partial charge in [0.25, 0.3) is 0 Å². The molecule has 1 heterocycles. The van der Waals surface area contributed by atoms with Crippen molar-refractivity contribution in [2.24, 2.45) is 0 Å². The summed E-state index contributed by atoms with van der Waals surface area (Å²) >= 11 is 0. The van der Waals surface area contributed by atoms with Crippen molar-refractivity contribution in [1.82, 2.24) is 10.2 Å². The van der Waals surface area contributed by atoms with E-state index in [0.717, 1.165) is 25.8 Å². The second-order valence-corrected chi connectivity index (χ2v) is 4.09. The smallest absolute Gasteiger partial charge is 0.314 e. The topological polar surface area (TPSA) is 15.3 Å². The summed E-state index contributed by atoms with van der Waals surface area (Å²) in [7, 11) is 0. The molecule has 0 aromatic carbocycles. The van der Waals surface area contributed by atoms with Crippen molar-refractivity contribution in [2.45, 2.75) is 38.4 Å². The lowest BCUT2D eigenvalue weighted by atomic mass is 10.1. The first-order valence-electron chi connectivity index (χ1n) is 5.54. The number of hydrogen-bond donors (Lipinski definition) is 1. The molecule has 0 aromatic rings. The molecular formula is C10H19F3N2. The van der Waals surface area contributed by atoms with Gasteiger partial charge in [-0.25, -0.2) is 0 Å². The van der Waals surface area contributed by atoms with Gasteiger partial charge in [0.05, 0.1) is 6.54 Å². The van der Waals surface area contributed by atoms with E-state index in [1.807, 2.05) is 0 Å². The third-order valence-corrected chi connectivity index (χ3v) is 2.77. The number of nitrogens with zero attached hydrogens (tertiary/aromatic N) is 1. The van der Waals surface area contributed by atoms with Crippen LogP contribution >= 0.6 is 0 Å². The normalized spacial score (nSPS) is 26.0. The van der Waals surface area contributed by atoms with Gasteiger partial charge in [-0.05, 0) is 38.9 Å². The maximum Gasteiger partial charge on any atom is 0.401 e. The molecule has 1 atom stereocenters. The third kappa shape index (κ3) is 5.37. The minimum Gasteiger partial charge on any atom is -0.314 e. The van der Waals surface area contributed by atoms with Gasteiger partial charge in [0.15, 0.2) is 0 Å². The highest BCUT2D eigenvalue weighted by Crippen LogP contribution is 2.17. The summed E-state index contributed by atoms with van der Waals surface area (Å²) < 4.78 is 36.6. The zero-order chi connectivity index (χ0) is 11.3. The number of alkyl halides is 3. The Bertz CT molecular complexity index is 182. The summed E-state index contributed by atoms with van der Waals surface area (Å²) in [5, 5.41) is 3.35. The van der Waals surface area contributed by atoms with Crippen LogP contribution in [0, 0.1) is 0 Å². The monoisotopic (exact) mass is 224 g/mol. The zero-order valence-corrected chi connectivity index (χ0v) is 9.11. The molecule has 0 aliphatic carbocycles. The van der Waals surface area contributed by atoms with Crippen LogP contribution < -0.4 is 5.32 Å². The summed E-state index contributed by atoms with van der Waals surface area (Å²) in [5.41, 5.74) is 0. The van der Waals surface area contributed by atoms with Gasteiger partial charge in [0.1, 0.15) is 0 Å². The van der Waals surface area contributed by atoms with Gasteiger partial charge in [-0.2, -0.15) is 13.2 Å². The Morgan fingerprint density at radius 2 is 2.07 bits per heavy atom. The summed E-state index contributed by atoms with van der Waals surface area (Å²) in [6, 6.07) is 0.376. The Hall–Kier alpha value is -0.290. The van der Waals surface area contributed by atoms with Crippen molar-refractivity contribution in [1.29, 1.82) is 0 Å². The minimum absolute atomic E-state index is 0.376. The van der Waals surface area contributed by atoms with Crippen LogP contribution in [0.5, 0.6) is 0 Å². The maximum absolute atomic E-state index is 12.2. The Kier molecular flexibility index (Phi) is 4.86. The highest BCUT2D eigenvalue weighted by Gasteiger charge is 2.30. The summed E-state index contributed by atoms with van der Waals surface area (Å²) in [4.78, 5) is 1.52. The lowest BCUT2D eigenvalue weighted by Gasteiger charge is -2.29. The molecule has 5 heteroatoms. The minimum atomic E-state index is -4.06. The molecule has 1 fully saturated rings. The van der Waals surface area contributed by atoms with Gasteiger partial charge in [-0.3, -0.25) is 4.90 Å². The first kappa shape index (κ1) is 12.8. The van der Waals surface area contributed by atoms with Crippen LogP contribution in [-0.2, 0) is 0 Å². The van der Waals surface area contributed by atoms with E-state index in [9.17, 15) is 13.2 Å². The molecule has 90 valence electrons. The second-order valence-electron chi connectivity index (χ2n) is 4.09. The zero-order valence-electron chi connectivity index (χ0n) is 9.11. The van der Waals surface area contributed by atoms with Crippen LogP contribution in [-0.4, -0.2) is 43.3 Å². The van der Waals surface area contributed by atoms with Crippen LogP contribution in [0.15, 0.2) is 0 Å². The van der Waals surface area contributed by atoms with Crippen molar-refractivity contribution >= 4 is 0 Å². The van der Waals surface area contributed by atoms with Crippen LogP contribution in [0.4, 0.5) is 13.2 Å². The molecule has 0 saturated carbocycles. The Morgan fingerprint density at radius 3 is 2.67 bits per heavy atom. The lowest BCUT2D eigenvalue weighted by Crippen LogP contribution is -2.42. The molecule has 2 nitrogen and oxygen atoms in total. The van der Waals surface area contributed by atoms with Crippen LogP contribution in [0.25, 0.3) is 0 Å². The van der Waals surface area contributed by atoms with Crippen molar-refractivity contribution in [3.8, 4) is 0 Å². The Labute approximate surface area is 88.8 Å². The van der Waals surface area contributed by atoms with Crippen molar-refractivity contribution in [2.75, 3.05) is 26.2 Å². The summed E-state index contributed by atoms with van der Waals surface area (Å²) in [6.07, 6.45) is -1.46. The number of nitrogens with one attached hydrogen (secondary N) is 1. The van der Waals surface area contributed by atoms with Crippen LogP contribution in [0.1, 0.15) is 26.2 Å². The quantitative estimate of drug-likeness (QED) is 0.772. The van der Waals surface area contributed by atoms with E-state index < -0.39 is 12.7 Å². The van der Waals surface area contributed by atoms with Crippen molar-refractivity contribution in [3.63, 3.8) is 0 Å². The van der Waals surface area contributed by atoms with E-state index >= 15 is 0 Å². The van der Waals surface area contributed by atoms with E-state index in [1.165, 1.54) is 4.90 Å². The fourth-order valence-corrected chi connectivity index (χ4v) is 1.92. The SMILES string of the molecule is CCC1CCN(CC(F)(F)F)CCCN1. The second kappa shape index (κ2) is 5.70. The Morgan fingerprint density at radius 1 is 1.33 bits per heavy atom. The average molecular weight is 224 g/mol. The predicted octanol–water partition coefficient (Wildman–Crippen LogP) is 2.01. The largest absolute Gasteiger partial charge is 0.401 e. The number of hydrogen-bond acceptors (Lipinski definition) is 2. The molecule has 0 spiro atoms. The predicted molar refractivity (Wildman–Crippen MR) is 53.8 cm³/mol. The molecule has 1 unspecified atom stereocenters. The molecule has 0 amide bonds. The molecule has 1 aliphatic rings. The number of halogens is 3. The summed E-state index contributed by atoms with van der Waals surface area (Å²) in [5.74, 6) is 0. The number of rotatable bonds is 2. The first-order valence-corrected chi connectivity index (χ1v) is 5.54. The average Bonchev–Trinajstić information content (AvgIpc) is 2.09. The van der Waals surface area contributed by atoms with Crippen LogP contribution in [0.3, 0.4) is 0 Å². The molecule has 1 aliphatic heterocycles. The van der Waals surface area contributed by atoms with E-state index in [0.29, 0.717) is 19.1 Å². The van der Waals surface area contributed by atoms with Gasteiger partial charge >= 0.3 is 6.18 Å². The van der Waals surface area contributed by atoms with Gasteiger partial charge in [0.2, 0.25) is 0 Å². The fourth-order valence-electron chi connectivity index (χ4n) is 1.92. The molecule has 15 heavy (non-hydrogen) atoms. The Balaban J connectivity index is 2.38. The molecule has 0 aromatic heterocycles. The van der Waals surface area contributed by atoms with Gasteiger partial charge in [-0.15, -0.1) is 0 Å². The van der Waals surface area contributed by atoms with Crippen molar-refractivity contribution < 1.29 is 13.2 Å². The lowest BCUT2D eigenvalue weighted by molar-refractivity contribution is -0.146. The highest BCUT2D eigenvalue weighted by atomic mass is 19.4. The molecule has 1 rings (SSSR count). The molecular weight excluding hydrogens is 205 g/mol. The van der Waals surface area contributed by atoms with Gasteiger partial charge in [0, 0.05) is 6.04 Å². The highest BCUT2D eigenvalue weighted by molar-refractivity contribution is 4.73. The van der Waals surface area contributed by atoms with Gasteiger partial charge < -0.3 is 5.32 Å². The van der Waals surface area contributed by atoms with E-state index in [4.69, 9.17) is 0 Å². The molecule has 0 radical (unpaired) electrons. The van der Waals surface area contributed by atoms with E-state index in [-0.39, 0.29) is 0 Å². The van der Waals surface area contributed by atoms with Crippen LogP contribution in [0.2, 0.25) is 0 Å². The first-order chi connectivity index (χ1) is 7.01. The fraction of sp³-hybridized carbons (Fsp3) is 1.00. The maximum atomic E-state index is 12.2. The summed E-state index contributed by atoms with van der Waals surface area (Å²) in [6.45, 7) is 3.22. The molecule has 0 bridgehead atoms. The van der Waals surface area contributed by atoms with E-state index in [1.54, 1.807) is 0 Å². The van der Waals surface area contributed by atoms with Crippen molar-refractivity contribution in [3.05, 3.63) is 0 Å². The third-order valence-electron chi connectivity index (χ3n) is 2.77. The van der Waals surface area contributed by atoms with E-state index in [2.05, 4.69) is 12.2 Å². The molecule has 1 N–H and O–H groups in total. The standard InChI is InChI=1S/C10H19F3N2/c1-2-9-4-7-15(6-3-5-14-9)8-10(11,12)13/h9,14H,2-8H2,1H3. The molecule has 1 saturated heterocycles.